The van der Waals surface area contributed by atoms with Gasteiger partial charge in [-0.3, -0.25) is 0 Å². The molecule has 0 saturated heterocycles. The molecular formula is C16H16ClNO3. The van der Waals surface area contributed by atoms with Crippen LogP contribution < -0.4 is 14.8 Å². The highest BCUT2D eigenvalue weighted by Crippen LogP contribution is 2.39. The number of ether oxygens (including phenoxy) is 3. The van der Waals surface area contributed by atoms with Gasteiger partial charge in [0.15, 0.2) is 11.5 Å². The van der Waals surface area contributed by atoms with E-state index in [0.717, 1.165) is 17.0 Å². The first-order valence-electron chi connectivity index (χ1n) is 6.66. The maximum atomic E-state index is 6.24. The van der Waals surface area contributed by atoms with E-state index in [-0.39, 0.29) is 6.79 Å². The number of fused-ring (bicyclic) bond motifs is 1. The summed E-state index contributed by atoms with van der Waals surface area (Å²) in [6, 6.07) is 11.9. The predicted molar refractivity (Wildman–Crippen MR) is 82.1 cm³/mol. The van der Waals surface area contributed by atoms with E-state index in [0.29, 0.717) is 23.9 Å². The maximum Gasteiger partial charge on any atom is 0.231 e. The molecule has 5 heteroatoms. The lowest BCUT2D eigenvalue weighted by molar-refractivity contribution is 0.174. The number of benzene rings is 2. The summed E-state index contributed by atoms with van der Waals surface area (Å²) in [4.78, 5) is 0. The summed E-state index contributed by atoms with van der Waals surface area (Å²) >= 11 is 6.24. The zero-order valence-corrected chi connectivity index (χ0v) is 12.4. The summed E-state index contributed by atoms with van der Waals surface area (Å²) < 4.78 is 15.8. The second-order valence-corrected chi connectivity index (χ2v) is 5.20. The number of methoxy groups -OCH3 is 1. The molecule has 0 fully saturated rings. The van der Waals surface area contributed by atoms with Crippen LogP contribution in [0.3, 0.4) is 0 Å². The van der Waals surface area contributed by atoms with Gasteiger partial charge in [0.2, 0.25) is 6.79 Å². The van der Waals surface area contributed by atoms with Crippen molar-refractivity contribution in [2.75, 3.05) is 19.2 Å². The predicted octanol–water partition coefficient (Wildman–Crippen LogP) is 3.83. The smallest absolute Gasteiger partial charge is 0.231 e. The number of halogens is 1. The quantitative estimate of drug-likeness (QED) is 0.911. The average molecular weight is 306 g/mol. The normalized spacial score (nSPS) is 12.5. The van der Waals surface area contributed by atoms with Gasteiger partial charge in [0.05, 0.1) is 17.3 Å². The molecule has 110 valence electrons. The van der Waals surface area contributed by atoms with E-state index in [1.54, 1.807) is 13.2 Å². The van der Waals surface area contributed by atoms with Crippen molar-refractivity contribution < 1.29 is 14.2 Å². The molecule has 3 rings (SSSR count). The van der Waals surface area contributed by atoms with Crippen LogP contribution in [0.2, 0.25) is 5.02 Å². The van der Waals surface area contributed by atoms with E-state index in [4.69, 9.17) is 25.8 Å². The SMILES string of the molecule is COCc1cccc(CNc2cc3c(cc2Cl)OCO3)c1. The van der Waals surface area contributed by atoms with Gasteiger partial charge in [0.1, 0.15) is 0 Å². The van der Waals surface area contributed by atoms with Gasteiger partial charge in [-0.1, -0.05) is 35.9 Å². The Balaban J connectivity index is 1.71. The highest BCUT2D eigenvalue weighted by atomic mass is 35.5. The molecule has 21 heavy (non-hydrogen) atoms. The number of nitrogens with one attached hydrogen (secondary N) is 1. The van der Waals surface area contributed by atoms with Crippen LogP contribution in [-0.4, -0.2) is 13.9 Å². The fraction of sp³-hybridized carbons (Fsp3) is 0.250. The largest absolute Gasteiger partial charge is 0.454 e. The number of hydrogen-bond acceptors (Lipinski definition) is 4. The lowest BCUT2D eigenvalue weighted by atomic mass is 10.1. The summed E-state index contributed by atoms with van der Waals surface area (Å²) in [5.41, 5.74) is 3.14. The van der Waals surface area contributed by atoms with Crippen molar-refractivity contribution in [2.45, 2.75) is 13.2 Å². The Morgan fingerprint density at radius 1 is 1.14 bits per heavy atom. The zero-order chi connectivity index (χ0) is 14.7. The minimum absolute atomic E-state index is 0.244. The van der Waals surface area contributed by atoms with Crippen molar-refractivity contribution in [2.24, 2.45) is 0 Å². The van der Waals surface area contributed by atoms with Crippen molar-refractivity contribution in [3.05, 3.63) is 52.5 Å². The standard InChI is InChI=1S/C16H16ClNO3/c1-19-9-12-4-2-3-11(5-12)8-18-14-7-16-15(6-13(14)17)20-10-21-16/h2-7,18H,8-10H2,1H3. The monoisotopic (exact) mass is 305 g/mol. The molecule has 0 bridgehead atoms. The molecule has 0 aromatic heterocycles. The van der Waals surface area contributed by atoms with E-state index in [1.807, 2.05) is 18.2 Å². The van der Waals surface area contributed by atoms with E-state index in [1.165, 1.54) is 5.56 Å². The number of anilines is 1. The lowest BCUT2D eigenvalue weighted by Crippen LogP contribution is -2.01. The second-order valence-electron chi connectivity index (χ2n) is 4.79. The molecule has 0 amide bonds. The minimum atomic E-state index is 0.244. The molecule has 0 radical (unpaired) electrons. The van der Waals surface area contributed by atoms with Crippen LogP contribution in [-0.2, 0) is 17.9 Å². The minimum Gasteiger partial charge on any atom is -0.454 e. The van der Waals surface area contributed by atoms with Crippen LogP contribution in [0, 0.1) is 0 Å². The van der Waals surface area contributed by atoms with Crippen molar-refractivity contribution in [1.29, 1.82) is 0 Å². The Morgan fingerprint density at radius 2 is 1.90 bits per heavy atom. The van der Waals surface area contributed by atoms with E-state index in [9.17, 15) is 0 Å². The highest BCUT2D eigenvalue weighted by Gasteiger charge is 2.16. The van der Waals surface area contributed by atoms with Crippen molar-refractivity contribution in [1.82, 2.24) is 0 Å². The molecule has 0 unspecified atom stereocenters. The van der Waals surface area contributed by atoms with Crippen LogP contribution in [0.1, 0.15) is 11.1 Å². The summed E-state index contributed by atoms with van der Waals surface area (Å²) in [7, 11) is 1.69. The van der Waals surface area contributed by atoms with Gasteiger partial charge in [-0.15, -0.1) is 0 Å². The van der Waals surface area contributed by atoms with Gasteiger partial charge in [-0.25, -0.2) is 0 Å². The molecule has 2 aromatic rings. The second kappa shape index (κ2) is 6.24. The maximum absolute atomic E-state index is 6.24. The molecule has 1 aliphatic heterocycles. The summed E-state index contributed by atoms with van der Waals surface area (Å²) in [6.07, 6.45) is 0. The number of hydrogen-bond donors (Lipinski definition) is 1. The third kappa shape index (κ3) is 3.23. The fourth-order valence-corrected chi connectivity index (χ4v) is 2.47. The van der Waals surface area contributed by atoms with Gasteiger partial charge < -0.3 is 19.5 Å². The summed E-state index contributed by atoms with van der Waals surface area (Å²) in [6.45, 7) is 1.53. The summed E-state index contributed by atoms with van der Waals surface area (Å²) in [5.74, 6) is 1.41. The van der Waals surface area contributed by atoms with Crippen LogP contribution in [0.4, 0.5) is 5.69 Å². The molecule has 4 nitrogen and oxygen atoms in total. The first kappa shape index (κ1) is 14.0. The van der Waals surface area contributed by atoms with Gasteiger partial charge >= 0.3 is 0 Å². The molecule has 0 aliphatic carbocycles. The van der Waals surface area contributed by atoms with Crippen LogP contribution in [0.25, 0.3) is 0 Å². The molecule has 2 aromatic carbocycles. The Labute approximate surface area is 128 Å². The van der Waals surface area contributed by atoms with Gasteiger partial charge in [-0.2, -0.15) is 0 Å². The van der Waals surface area contributed by atoms with Crippen LogP contribution in [0.15, 0.2) is 36.4 Å². The third-order valence-electron chi connectivity index (χ3n) is 3.25. The molecular weight excluding hydrogens is 290 g/mol. The summed E-state index contributed by atoms with van der Waals surface area (Å²) in [5, 5.41) is 3.94. The Morgan fingerprint density at radius 3 is 2.71 bits per heavy atom. The first-order chi connectivity index (χ1) is 10.3. The lowest BCUT2D eigenvalue weighted by Gasteiger charge is -2.10. The van der Waals surface area contributed by atoms with E-state index >= 15 is 0 Å². The Bertz CT molecular complexity index is 645. The molecule has 1 heterocycles. The van der Waals surface area contributed by atoms with Crippen LogP contribution >= 0.6 is 11.6 Å². The molecule has 1 N–H and O–H groups in total. The zero-order valence-electron chi connectivity index (χ0n) is 11.7. The van der Waals surface area contributed by atoms with Crippen LogP contribution in [0.5, 0.6) is 11.5 Å². The molecule has 1 aliphatic rings. The number of rotatable bonds is 5. The van der Waals surface area contributed by atoms with Crippen molar-refractivity contribution >= 4 is 17.3 Å². The average Bonchev–Trinajstić information content (AvgIpc) is 2.92. The molecule has 0 atom stereocenters. The highest BCUT2D eigenvalue weighted by molar-refractivity contribution is 6.33. The Kier molecular flexibility index (Phi) is 4.18. The van der Waals surface area contributed by atoms with Gasteiger partial charge in [0, 0.05) is 25.8 Å². The van der Waals surface area contributed by atoms with Gasteiger partial charge in [0.25, 0.3) is 0 Å². The third-order valence-corrected chi connectivity index (χ3v) is 3.56. The topological polar surface area (TPSA) is 39.7 Å². The van der Waals surface area contributed by atoms with Crippen molar-refractivity contribution in [3.8, 4) is 11.5 Å². The molecule has 0 saturated carbocycles. The first-order valence-corrected chi connectivity index (χ1v) is 7.04. The van der Waals surface area contributed by atoms with Gasteiger partial charge in [-0.05, 0) is 11.1 Å². The van der Waals surface area contributed by atoms with E-state index in [2.05, 4.69) is 17.4 Å². The fourth-order valence-electron chi connectivity index (χ4n) is 2.25. The molecule has 0 spiro atoms. The Hall–Kier alpha value is -1.91. The van der Waals surface area contributed by atoms with E-state index < -0.39 is 0 Å². The van der Waals surface area contributed by atoms with Crippen molar-refractivity contribution in [3.63, 3.8) is 0 Å².